The van der Waals surface area contributed by atoms with Gasteiger partial charge in [-0.3, -0.25) is 9.79 Å². The number of aromatic nitrogens is 2. The molecule has 1 aromatic heterocycles. The van der Waals surface area contributed by atoms with Crippen LogP contribution in [-0.2, 0) is 11.2 Å². The number of benzene rings is 1. The Bertz CT molecular complexity index is 833. The zero-order chi connectivity index (χ0) is 15.8. The molecule has 116 valence electrons. The number of aryl methyl sites for hydroxylation is 2. The Morgan fingerprint density at radius 2 is 2.30 bits per heavy atom. The van der Waals surface area contributed by atoms with Crippen molar-refractivity contribution in [2.75, 3.05) is 6.54 Å². The summed E-state index contributed by atoms with van der Waals surface area (Å²) in [5.41, 5.74) is 4.30. The van der Waals surface area contributed by atoms with Gasteiger partial charge in [0, 0.05) is 30.7 Å². The molecule has 4 rings (SSSR count). The topological polar surface area (TPSA) is 68.3 Å². The summed E-state index contributed by atoms with van der Waals surface area (Å²) in [4.78, 5) is 20.7. The van der Waals surface area contributed by atoms with Crippen molar-refractivity contribution in [3.63, 3.8) is 0 Å². The van der Waals surface area contributed by atoms with Gasteiger partial charge in [-0.25, -0.2) is 0 Å². The maximum atomic E-state index is 12.3. The van der Waals surface area contributed by atoms with Crippen LogP contribution < -0.4 is 0 Å². The average Bonchev–Trinajstić information content (AvgIpc) is 3.27. The molecule has 0 N–H and O–H groups in total. The molecule has 2 aliphatic rings. The monoisotopic (exact) mass is 307 g/mol. The Morgan fingerprint density at radius 1 is 1.39 bits per heavy atom. The summed E-state index contributed by atoms with van der Waals surface area (Å²) in [6.07, 6.45) is 6.16. The van der Waals surface area contributed by atoms with Gasteiger partial charge in [-0.2, -0.15) is 4.98 Å². The van der Waals surface area contributed by atoms with E-state index in [0.717, 1.165) is 24.0 Å². The quantitative estimate of drug-likeness (QED) is 0.870. The van der Waals surface area contributed by atoms with E-state index in [1.165, 1.54) is 11.1 Å². The lowest BCUT2D eigenvalue weighted by atomic mass is 9.93. The molecule has 0 bridgehead atoms. The number of carbonyl (C=O) groups is 1. The fourth-order valence-electron chi connectivity index (χ4n) is 3.36. The van der Waals surface area contributed by atoms with E-state index >= 15 is 0 Å². The second-order valence-corrected chi connectivity index (χ2v) is 6.07. The van der Waals surface area contributed by atoms with Crippen LogP contribution in [0.25, 0.3) is 11.4 Å². The standard InChI is InChI=1S/C18H17N3O2/c1-11-20-18(21-23-11)14-4-5-16-12(8-14)2-3-13(16)9-17(22)15-6-7-19-10-15/h4-6,8,10,13H,2-3,7,9H2,1H3/t13-/m0/s1. The molecule has 0 saturated carbocycles. The average molecular weight is 307 g/mol. The van der Waals surface area contributed by atoms with Gasteiger partial charge >= 0.3 is 0 Å². The highest BCUT2D eigenvalue weighted by atomic mass is 16.5. The minimum absolute atomic E-state index is 0.196. The zero-order valence-corrected chi connectivity index (χ0v) is 13.0. The Morgan fingerprint density at radius 3 is 3.04 bits per heavy atom. The largest absolute Gasteiger partial charge is 0.339 e. The van der Waals surface area contributed by atoms with Crippen LogP contribution in [0.5, 0.6) is 0 Å². The number of hydrogen-bond donors (Lipinski definition) is 0. The summed E-state index contributed by atoms with van der Waals surface area (Å²) >= 11 is 0. The highest BCUT2D eigenvalue weighted by molar-refractivity contribution is 6.14. The van der Waals surface area contributed by atoms with Crippen molar-refractivity contribution in [1.29, 1.82) is 0 Å². The van der Waals surface area contributed by atoms with Crippen LogP contribution in [0.15, 0.2) is 39.4 Å². The molecule has 1 aromatic carbocycles. The summed E-state index contributed by atoms with van der Waals surface area (Å²) in [7, 11) is 0. The molecule has 23 heavy (non-hydrogen) atoms. The van der Waals surface area contributed by atoms with Gasteiger partial charge in [-0.05, 0) is 36.0 Å². The number of carbonyl (C=O) groups excluding carboxylic acids is 1. The molecule has 1 aliphatic heterocycles. The van der Waals surface area contributed by atoms with Gasteiger partial charge in [-0.1, -0.05) is 23.4 Å². The minimum atomic E-state index is 0.196. The second kappa shape index (κ2) is 5.57. The molecule has 5 nitrogen and oxygen atoms in total. The van der Waals surface area contributed by atoms with Gasteiger partial charge in [0.05, 0.1) is 6.54 Å². The van der Waals surface area contributed by atoms with E-state index in [9.17, 15) is 4.79 Å². The van der Waals surface area contributed by atoms with Crippen LogP contribution in [0, 0.1) is 6.92 Å². The third kappa shape index (κ3) is 2.63. The highest BCUT2D eigenvalue weighted by Crippen LogP contribution is 2.37. The van der Waals surface area contributed by atoms with Crippen LogP contribution >= 0.6 is 0 Å². The number of fused-ring (bicyclic) bond motifs is 1. The van der Waals surface area contributed by atoms with Crippen LogP contribution in [0.1, 0.15) is 35.8 Å². The Labute approximate surface area is 134 Å². The number of aliphatic imine (C=N–C) groups is 1. The van der Waals surface area contributed by atoms with Gasteiger partial charge in [-0.15, -0.1) is 0 Å². The molecule has 0 unspecified atom stereocenters. The number of ketones is 1. The van der Waals surface area contributed by atoms with Crippen LogP contribution in [0.2, 0.25) is 0 Å². The van der Waals surface area contributed by atoms with Crippen molar-refractivity contribution >= 4 is 12.0 Å². The second-order valence-electron chi connectivity index (χ2n) is 6.07. The maximum absolute atomic E-state index is 12.3. The van der Waals surface area contributed by atoms with Crippen molar-refractivity contribution in [1.82, 2.24) is 10.1 Å². The zero-order valence-electron chi connectivity index (χ0n) is 13.0. The molecule has 2 heterocycles. The van der Waals surface area contributed by atoms with Crippen molar-refractivity contribution in [3.05, 3.63) is 46.9 Å². The molecule has 0 spiro atoms. The Balaban J connectivity index is 1.55. The molecule has 2 aromatic rings. The fourth-order valence-corrected chi connectivity index (χ4v) is 3.36. The predicted molar refractivity (Wildman–Crippen MR) is 86.6 cm³/mol. The van der Waals surface area contributed by atoms with E-state index in [4.69, 9.17) is 4.52 Å². The SMILES string of the molecule is Cc1nc(-c2ccc3c(c2)CC[C@H]3CC(=O)C2=CCN=C2)no1. The fraction of sp³-hybridized carbons (Fsp3) is 0.333. The van der Waals surface area contributed by atoms with E-state index in [2.05, 4.69) is 27.3 Å². The molecule has 0 amide bonds. The van der Waals surface area contributed by atoms with Gasteiger partial charge in [0.2, 0.25) is 11.7 Å². The van der Waals surface area contributed by atoms with Gasteiger partial charge < -0.3 is 4.52 Å². The Kier molecular flexibility index (Phi) is 3.41. The van der Waals surface area contributed by atoms with E-state index in [1.54, 1.807) is 13.1 Å². The first-order valence-electron chi connectivity index (χ1n) is 7.87. The molecule has 5 heteroatoms. The third-order valence-corrected chi connectivity index (χ3v) is 4.53. The molecule has 0 fully saturated rings. The Hall–Kier alpha value is -2.56. The lowest BCUT2D eigenvalue weighted by Crippen LogP contribution is -2.07. The summed E-state index contributed by atoms with van der Waals surface area (Å²) in [5.74, 6) is 1.68. The number of hydrogen-bond acceptors (Lipinski definition) is 5. The van der Waals surface area contributed by atoms with Crippen molar-refractivity contribution < 1.29 is 9.32 Å². The normalized spacial score (nSPS) is 19.0. The third-order valence-electron chi connectivity index (χ3n) is 4.53. The first kappa shape index (κ1) is 14.1. The molecule has 1 atom stereocenters. The van der Waals surface area contributed by atoms with E-state index in [0.29, 0.717) is 30.6 Å². The number of rotatable bonds is 4. The van der Waals surface area contributed by atoms with E-state index in [1.807, 2.05) is 12.1 Å². The van der Waals surface area contributed by atoms with Gasteiger partial charge in [0.25, 0.3) is 0 Å². The molecule has 0 saturated heterocycles. The lowest BCUT2D eigenvalue weighted by molar-refractivity contribution is -0.115. The van der Waals surface area contributed by atoms with Crippen LogP contribution in [0.3, 0.4) is 0 Å². The highest BCUT2D eigenvalue weighted by Gasteiger charge is 2.26. The summed E-state index contributed by atoms with van der Waals surface area (Å²) in [6, 6.07) is 6.25. The van der Waals surface area contributed by atoms with Gasteiger partial charge in [0.1, 0.15) is 0 Å². The molecular weight excluding hydrogens is 290 g/mol. The number of nitrogens with zero attached hydrogens (tertiary/aromatic N) is 3. The summed E-state index contributed by atoms with van der Waals surface area (Å²) in [6.45, 7) is 2.42. The molecule has 0 radical (unpaired) electrons. The van der Waals surface area contributed by atoms with Crippen molar-refractivity contribution in [2.24, 2.45) is 4.99 Å². The first-order valence-corrected chi connectivity index (χ1v) is 7.87. The van der Waals surface area contributed by atoms with Crippen molar-refractivity contribution in [3.8, 4) is 11.4 Å². The summed E-state index contributed by atoms with van der Waals surface area (Å²) in [5, 5.41) is 3.97. The summed E-state index contributed by atoms with van der Waals surface area (Å²) < 4.78 is 5.04. The molecular formula is C18H17N3O2. The lowest BCUT2D eigenvalue weighted by Gasteiger charge is -2.11. The molecule has 1 aliphatic carbocycles. The number of allylic oxidation sites excluding steroid dienone is 1. The van der Waals surface area contributed by atoms with Crippen molar-refractivity contribution in [2.45, 2.75) is 32.1 Å². The van der Waals surface area contributed by atoms with E-state index < -0.39 is 0 Å². The first-order chi connectivity index (χ1) is 11.2. The maximum Gasteiger partial charge on any atom is 0.223 e. The van der Waals surface area contributed by atoms with E-state index in [-0.39, 0.29) is 5.78 Å². The van der Waals surface area contributed by atoms with Crippen LogP contribution in [-0.4, -0.2) is 28.7 Å². The number of Topliss-reactive ketones (excluding diaryl/α,β-unsaturated/α-hetero) is 1. The van der Waals surface area contributed by atoms with Crippen LogP contribution in [0.4, 0.5) is 0 Å². The predicted octanol–water partition coefficient (Wildman–Crippen LogP) is 3.04. The smallest absolute Gasteiger partial charge is 0.223 e. The van der Waals surface area contributed by atoms with Gasteiger partial charge in [0.15, 0.2) is 5.78 Å². The minimum Gasteiger partial charge on any atom is -0.339 e.